The number of rotatable bonds is 5. The zero-order valence-electron chi connectivity index (χ0n) is 9.09. The number of hydrogen-bond acceptors (Lipinski definition) is 3. The van der Waals surface area contributed by atoms with Crippen molar-refractivity contribution >= 4 is 15.9 Å². The highest BCUT2D eigenvalue weighted by Gasteiger charge is 2.09. The van der Waals surface area contributed by atoms with Crippen molar-refractivity contribution < 1.29 is 4.74 Å². The predicted octanol–water partition coefficient (Wildman–Crippen LogP) is 2.24. The molecule has 0 amide bonds. The lowest BCUT2D eigenvalue weighted by atomic mass is 10.0. The number of benzene rings is 1. The van der Waals surface area contributed by atoms with Gasteiger partial charge < -0.3 is 4.74 Å². The van der Waals surface area contributed by atoms with Crippen LogP contribution in [0, 0.1) is 0 Å². The molecule has 0 heterocycles. The first-order valence-corrected chi connectivity index (χ1v) is 5.79. The van der Waals surface area contributed by atoms with Crippen LogP contribution in [-0.4, -0.2) is 13.2 Å². The Morgan fingerprint density at radius 1 is 1.53 bits per heavy atom. The zero-order valence-corrected chi connectivity index (χ0v) is 10.7. The number of nitrogens with one attached hydrogen (secondary N) is 1. The van der Waals surface area contributed by atoms with Crippen LogP contribution in [0.25, 0.3) is 0 Å². The molecule has 1 unspecified atom stereocenters. The van der Waals surface area contributed by atoms with Crippen molar-refractivity contribution in [2.24, 2.45) is 5.84 Å². The number of methoxy groups -OCH3 is 1. The van der Waals surface area contributed by atoms with Gasteiger partial charge >= 0.3 is 0 Å². The average molecular weight is 273 g/mol. The van der Waals surface area contributed by atoms with E-state index in [0.717, 1.165) is 28.6 Å². The average Bonchev–Trinajstić information content (AvgIpc) is 2.26. The third-order valence-electron chi connectivity index (χ3n) is 2.44. The number of halogens is 1. The van der Waals surface area contributed by atoms with E-state index in [-0.39, 0.29) is 6.04 Å². The van der Waals surface area contributed by atoms with Crippen LogP contribution >= 0.6 is 15.9 Å². The summed E-state index contributed by atoms with van der Waals surface area (Å²) in [4.78, 5) is 0. The minimum absolute atomic E-state index is 0.285. The maximum absolute atomic E-state index is 5.46. The lowest BCUT2D eigenvalue weighted by Crippen LogP contribution is -2.36. The fourth-order valence-corrected chi connectivity index (χ4v) is 1.90. The first-order valence-electron chi connectivity index (χ1n) is 4.99. The molecule has 1 aromatic rings. The standard InChI is InChI=1S/C11H17BrN2O/c1-3-10(14-13)7-8-6-9(12)4-5-11(8)15-2/h4-6,10,14H,3,7,13H2,1-2H3. The normalized spacial score (nSPS) is 12.5. The summed E-state index contributed by atoms with van der Waals surface area (Å²) in [5, 5.41) is 0. The fraction of sp³-hybridized carbons (Fsp3) is 0.455. The van der Waals surface area contributed by atoms with Crippen LogP contribution in [0.1, 0.15) is 18.9 Å². The van der Waals surface area contributed by atoms with Gasteiger partial charge in [-0.05, 0) is 36.6 Å². The van der Waals surface area contributed by atoms with E-state index >= 15 is 0 Å². The topological polar surface area (TPSA) is 47.3 Å². The van der Waals surface area contributed by atoms with Crippen LogP contribution in [0.3, 0.4) is 0 Å². The maximum atomic E-state index is 5.46. The Hall–Kier alpha value is -0.580. The van der Waals surface area contributed by atoms with Crippen LogP contribution in [0.4, 0.5) is 0 Å². The molecule has 1 rings (SSSR count). The number of ether oxygens (including phenoxy) is 1. The Labute approximate surface area is 99.1 Å². The number of hydrogen-bond donors (Lipinski definition) is 2. The van der Waals surface area contributed by atoms with E-state index in [1.54, 1.807) is 7.11 Å². The van der Waals surface area contributed by atoms with Crippen LogP contribution in [0.5, 0.6) is 5.75 Å². The molecule has 15 heavy (non-hydrogen) atoms. The van der Waals surface area contributed by atoms with E-state index in [0.29, 0.717) is 0 Å². The SMILES string of the molecule is CCC(Cc1cc(Br)ccc1OC)NN. The minimum atomic E-state index is 0.285. The first kappa shape index (κ1) is 12.5. The van der Waals surface area contributed by atoms with E-state index in [9.17, 15) is 0 Å². The second kappa shape index (κ2) is 6.10. The van der Waals surface area contributed by atoms with Gasteiger partial charge in [0.2, 0.25) is 0 Å². The minimum Gasteiger partial charge on any atom is -0.496 e. The largest absolute Gasteiger partial charge is 0.496 e. The highest BCUT2D eigenvalue weighted by atomic mass is 79.9. The lowest BCUT2D eigenvalue weighted by molar-refractivity contribution is 0.404. The van der Waals surface area contributed by atoms with E-state index in [2.05, 4.69) is 34.3 Å². The van der Waals surface area contributed by atoms with Gasteiger partial charge in [0.1, 0.15) is 5.75 Å². The molecule has 0 aliphatic rings. The Morgan fingerprint density at radius 3 is 2.80 bits per heavy atom. The molecule has 84 valence electrons. The van der Waals surface area contributed by atoms with Crippen molar-refractivity contribution in [3.05, 3.63) is 28.2 Å². The molecule has 1 atom stereocenters. The van der Waals surface area contributed by atoms with Gasteiger partial charge in [-0.2, -0.15) is 0 Å². The molecule has 0 spiro atoms. The monoisotopic (exact) mass is 272 g/mol. The van der Waals surface area contributed by atoms with Crippen LogP contribution < -0.4 is 16.0 Å². The molecular weight excluding hydrogens is 256 g/mol. The molecule has 4 heteroatoms. The Morgan fingerprint density at radius 2 is 2.27 bits per heavy atom. The molecule has 0 saturated heterocycles. The Kier molecular flexibility index (Phi) is 5.08. The van der Waals surface area contributed by atoms with E-state index in [1.165, 1.54) is 0 Å². The van der Waals surface area contributed by atoms with Gasteiger partial charge in [-0.25, -0.2) is 0 Å². The Balaban J connectivity index is 2.86. The lowest BCUT2D eigenvalue weighted by Gasteiger charge is -2.15. The summed E-state index contributed by atoms with van der Waals surface area (Å²) in [6.07, 6.45) is 1.86. The summed E-state index contributed by atoms with van der Waals surface area (Å²) in [5.41, 5.74) is 3.96. The quantitative estimate of drug-likeness (QED) is 0.639. The summed E-state index contributed by atoms with van der Waals surface area (Å²) in [7, 11) is 1.68. The molecule has 1 aromatic carbocycles. The van der Waals surface area contributed by atoms with Crippen molar-refractivity contribution in [2.75, 3.05) is 7.11 Å². The first-order chi connectivity index (χ1) is 7.21. The van der Waals surface area contributed by atoms with Gasteiger partial charge in [0.15, 0.2) is 0 Å². The number of nitrogens with two attached hydrogens (primary N) is 1. The molecular formula is C11H17BrN2O. The predicted molar refractivity (Wildman–Crippen MR) is 65.8 cm³/mol. The van der Waals surface area contributed by atoms with Crippen molar-refractivity contribution in [3.63, 3.8) is 0 Å². The molecule has 0 fully saturated rings. The van der Waals surface area contributed by atoms with Crippen molar-refractivity contribution in [3.8, 4) is 5.75 Å². The van der Waals surface area contributed by atoms with E-state index < -0.39 is 0 Å². The molecule has 0 aliphatic heterocycles. The highest BCUT2D eigenvalue weighted by Crippen LogP contribution is 2.24. The molecule has 0 aromatic heterocycles. The maximum Gasteiger partial charge on any atom is 0.122 e. The molecule has 0 saturated carbocycles. The molecule has 3 N–H and O–H groups in total. The summed E-state index contributed by atoms with van der Waals surface area (Å²) in [5.74, 6) is 6.37. The van der Waals surface area contributed by atoms with E-state index in [4.69, 9.17) is 10.6 Å². The summed E-state index contributed by atoms with van der Waals surface area (Å²) in [6, 6.07) is 6.29. The molecule has 3 nitrogen and oxygen atoms in total. The second-order valence-electron chi connectivity index (χ2n) is 3.43. The smallest absolute Gasteiger partial charge is 0.122 e. The van der Waals surface area contributed by atoms with Gasteiger partial charge in [-0.1, -0.05) is 22.9 Å². The third kappa shape index (κ3) is 3.48. The summed E-state index contributed by atoms with van der Waals surface area (Å²) in [6.45, 7) is 2.11. The van der Waals surface area contributed by atoms with Gasteiger partial charge in [0.25, 0.3) is 0 Å². The van der Waals surface area contributed by atoms with Crippen molar-refractivity contribution in [1.82, 2.24) is 5.43 Å². The van der Waals surface area contributed by atoms with E-state index in [1.807, 2.05) is 12.1 Å². The van der Waals surface area contributed by atoms with Gasteiger partial charge in [-0.3, -0.25) is 11.3 Å². The summed E-state index contributed by atoms with van der Waals surface area (Å²) >= 11 is 3.45. The molecule has 0 bridgehead atoms. The van der Waals surface area contributed by atoms with Crippen LogP contribution in [0.2, 0.25) is 0 Å². The molecule has 0 radical (unpaired) electrons. The van der Waals surface area contributed by atoms with Gasteiger partial charge in [0, 0.05) is 10.5 Å². The van der Waals surface area contributed by atoms with Crippen molar-refractivity contribution in [2.45, 2.75) is 25.8 Å². The van der Waals surface area contributed by atoms with Crippen molar-refractivity contribution in [1.29, 1.82) is 0 Å². The zero-order chi connectivity index (χ0) is 11.3. The number of hydrazine groups is 1. The third-order valence-corrected chi connectivity index (χ3v) is 2.93. The fourth-order valence-electron chi connectivity index (χ4n) is 1.49. The van der Waals surface area contributed by atoms with Crippen LogP contribution in [-0.2, 0) is 6.42 Å². The van der Waals surface area contributed by atoms with Crippen LogP contribution in [0.15, 0.2) is 22.7 Å². The Bertz CT molecular complexity index is 313. The van der Waals surface area contributed by atoms with Gasteiger partial charge in [-0.15, -0.1) is 0 Å². The highest BCUT2D eigenvalue weighted by molar-refractivity contribution is 9.10. The molecule has 0 aliphatic carbocycles. The second-order valence-corrected chi connectivity index (χ2v) is 4.35. The van der Waals surface area contributed by atoms with Gasteiger partial charge in [0.05, 0.1) is 7.11 Å². The summed E-state index contributed by atoms with van der Waals surface area (Å²) < 4.78 is 6.36.